The van der Waals surface area contributed by atoms with Gasteiger partial charge in [-0.25, -0.2) is 8.42 Å². The number of ether oxygens (including phenoxy) is 1. The van der Waals surface area contributed by atoms with Crippen molar-refractivity contribution >= 4 is 31.9 Å². The molecule has 8 heteroatoms. The zero-order valence-corrected chi connectivity index (χ0v) is 17.6. The molecule has 0 saturated carbocycles. The van der Waals surface area contributed by atoms with Crippen LogP contribution in [0, 0.1) is 11.8 Å². The van der Waals surface area contributed by atoms with E-state index in [1.807, 2.05) is 18.2 Å². The minimum Gasteiger partial charge on any atom is -0.493 e. The first-order valence-electron chi connectivity index (χ1n) is 9.04. The lowest BCUT2D eigenvalue weighted by Gasteiger charge is -2.33. The average Bonchev–Trinajstić information content (AvgIpc) is 2.69. The number of sulfonamides is 1. The number of benzene rings is 2. The highest BCUT2D eigenvalue weighted by molar-refractivity contribution is 9.10. The number of rotatable bonds is 7. The molecule has 1 unspecified atom stereocenters. The SMILES string of the molecule is O=C(O)C(COc1ccccc1)C1CCN(S(=O)(=O)c2ccc(Br)cc2)CC1. The summed E-state index contributed by atoms with van der Waals surface area (Å²) in [6, 6.07) is 15.6. The summed E-state index contributed by atoms with van der Waals surface area (Å²) in [6.45, 7) is 0.680. The van der Waals surface area contributed by atoms with Gasteiger partial charge in [0.1, 0.15) is 12.4 Å². The minimum atomic E-state index is -3.57. The summed E-state index contributed by atoms with van der Waals surface area (Å²) in [5.41, 5.74) is 0. The third kappa shape index (κ3) is 4.92. The van der Waals surface area contributed by atoms with Gasteiger partial charge >= 0.3 is 5.97 Å². The number of carboxylic acid groups (broad SMARTS) is 1. The lowest BCUT2D eigenvalue weighted by Crippen LogP contribution is -2.42. The van der Waals surface area contributed by atoms with Gasteiger partial charge in [0, 0.05) is 17.6 Å². The van der Waals surface area contributed by atoms with Gasteiger partial charge in [-0.1, -0.05) is 34.1 Å². The van der Waals surface area contributed by atoms with Crippen LogP contribution >= 0.6 is 15.9 Å². The number of carbonyl (C=O) groups is 1. The molecule has 6 nitrogen and oxygen atoms in total. The standard InChI is InChI=1S/C20H22BrNO5S/c21-16-6-8-18(9-7-16)28(25,26)22-12-10-15(11-13-22)19(20(23)24)14-27-17-4-2-1-3-5-17/h1-9,15,19H,10-14H2,(H,23,24). The first kappa shape index (κ1) is 20.8. The summed E-state index contributed by atoms with van der Waals surface area (Å²) in [7, 11) is -3.57. The van der Waals surface area contributed by atoms with Crippen LogP contribution in [0.5, 0.6) is 5.75 Å². The molecule has 2 aromatic rings. The van der Waals surface area contributed by atoms with Crippen LogP contribution in [-0.2, 0) is 14.8 Å². The summed E-state index contributed by atoms with van der Waals surface area (Å²) in [5, 5.41) is 9.62. The maximum Gasteiger partial charge on any atom is 0.310 e. The van der Waals surface area contributed by atoms with Crippen LogP contribution < -0.4 is 4.74 Å². The number of aliphatic carboxylic acids is 1. The van der Waals surface area contributed by atoms with Crippen LogP contribution in [0.15, 0.2) is 64.0 Å². The van der Waals surface area contributed by atoms with Gasteiger partial charge in [0.15, 0.2) is 0 Å². The van der Waals surface area contributed by atoms with Crippen molar-refractivity contribution in [3.63, 3.8) is 0 Å². The molecule has 1 aliphatic heterocycles. The van der Waals surface area contributed by atoms with Gasteiger partial charge in [0.05, 0.1) is 10.8 Å². The maximum atomic E-state index is 12.8. The molecule has 1 saturated heterocycles. The molecule has 0 bridgehead atoms. The van der Waals surface area contributed by atoms with Gasteiger partial charge < -0.3 is 9.84 Å². The molecule has 150 valence electrons. The van der Waals surface area contributed by atoms with E-state index >= 15 is 0 Å². The van der Waals surface area contributed by atoms with E-state index in [-0.39, 0.29) is 17.4 Å². The highest BCUT2D eigenvalue weighted by atomic mass is 79.9. The molecular weight excluding hydrogens is 446 g/mol. The predicted octanol–water partition coefficient (Wildman–Crippen LogP) is 3.63. The Bertz CT molecular complexity index is 894. The first-order chi connectivity index (χ1) is 13.4. The van der Waals surface area contributed by atoms with Crippen LogP contribution in [0.1, 0.15) is 12.8 Å². The van der Waals surface area contributed by atoms with Gasteiger partial charge in [0.2, 0.25) is 10.0 Å². The Morgan fingerprint density at radius 2 is 1.71 bits per heavy atom. The van der Waals surface area contributed by atoms with Crippen LogP contribution in [0.25, 0.3) is 0 Å². The molecule has 28 heavy (non-hydrogen) atoms. The largest absolute Gasteiger partial charge is 0.493 e. The van der Waals surface area contributed by atoms with E-state index in [0.717, 1.165) is 4.47 Å². The van der Waals surface area contributed by atoms with Gasteiger partial charge in [-0.05, 0) is 55.2 Å². The predicted molar refractivity (Wildman–Crippen MR) is 109 cm³/mol. The monoisotopic (exact) mass is 467 g/mol. The first-order valence-corrected chi connectivity index (χ1v) is 11.3. The normalized spacial score (nSPS) is 17.2. The average molecular weight is 468 g/mol. The van der Waals surface area contributed by atoms with E-state index in [4.69, 9.17) is 4.74 Å². The Labute approximate surface area is 173 Å². The Balaban J connectivity index is 1.62. The van der Waals surface area contributed by atoms with Crippen LogP contribution in [-0.4, -0.2) is 43.5 Å². The van der Waals surface area contributed by atoms with Crippen molar-refractivity contribution in [1.82, 2.24) is 4.31 Å². The molecule has 0 radical (unpaired) electrons. The highest BCUT2D eigenvalue weighted by Crippen LogP contribution is 2.30. The second kappa shape index (κ2) is 9.07. The number of para-hydroxylation sites is 1. The molecule has 1 fully saturated rings. The minimum absolute atomic E-state index is 0.0729. The lowest BCUT2D eigenvalue weighted by molar-refractivity contribution is -0.145. The van der Waals surface area contributed by atoms with Crippen molar-refractivity contribution < 1.29 is 23.1 Å². The molecule has 3 rings (SSSR count). The molecule has 2 aromatic carbocycles. The van der Waals surface area contributed by atoms with Crippen molar-refractivity contribution in [2.24, 2.45) is 11.8 Å². The number of nitrogens with zero attached hydrogens (tertiary/aromatic N) is 1. The van der Waals surface area contributed by atoms with E-state index in [1.165, 1.54) is 4.31 Å². The quantitative estimate of drug-likeness (QED) is 0.671. The Kier molecular flexibility index (Phi) is 6.74. The van der Waals surface area contributed by atoms with Crippen molar-refractivity contribution in [1.29, 1.82) is 0 Å². The third-order valence-corrected chi connectivity index (χ3v) is 7.45. The Morgan fingerprint density at radius 1 is 1.11 bits per heavy atom. The Morgan fingerprint density at radius 3 is 2.29 bits per heavy atom. The second-order valence-electron chi connectivity index (χ2n) is 6.76. The number of hydrogen-bond donors (Lipinski definition) is 1. The number of piperidine rings is 1. The maximum absolute atomic E-state index is 12.8. The fraction of sp³-hybridized carbons (Fsp3) is 0.350. The van der Waals surface area contributed by atoms with E-state index in [2.05, 4.69) is 15.9 Å². The fourth-order valence-electron chi connectivity index (χ4n) is 3.39. The Hall–Kier alpha value is -1.90. The second-order valence-corrected chi connectivity index (χ2v) is 9.62. The van der Waals surface area contributed by atoms with E-state index in [1.54, 1.807) is 36.4 Å². The zero-order chi connectivity index (χ0) is 20.1. The zero-order valence-electron chi connectivity index (χ0n) is 15.2. The van der Waals surface area contributed by atoms with Gasteiger partial charge in [0.25, 0.3) is 0 Å². The van der Waals surface area contributed by atoms with Crippen molar-refractivity contribution in [2.45, 2.75) is 17.7 Å². The molecule has 1 heterocycles. The third-order valence-electron chi connectivity index (χ3n) is 5.01. The molecule has 1 atom stereocenters. The number of carboxylic acids is 1. The highest BCUT2D eigenvalue weighted by Gasteiger charge is 2.35. The molecule has 0 spiro atoms. The van der Waals surface area contributed by atoms with Crippen molar-refractivity contribution in [2.75, 3.05) is 19.7 Å². The smallest absolute Gasteiger partial charge is 0.310 e. The van der Waals surface area contributed by atoms with Gasteiger partial charge in [-0.3, -0.25) is 4.79 Å². The molecule has 0 aliphatic carbocycles. The summed E-state index contributed by atoms with van der Waals surface area (Å²) < 4.78 is 33.5. The van der Waals surface area contributed by atoms with Gasteiger partial charge in [-0.2, -0.15) is 4.31 Å². The molecular formula is C20H22BrNO5S. The van der Waals surface area contributed by atoms with Gasteiger partial charge in [-0.15, -0.1) is 0 Å². The van der Waals surface area contributed by atoms with E-state index < -0.39 is 21.9 Å². The summed E-state index contributed by atoms with van der Waals surface area (Å²) in [4.78, 5) is 12.0. The van der Waals surface area contributed by atoms with Crippen molar-refractivity contribution in [3.8, 4) is 5.75 Å². The molecule has 1 aliphatic rings. The topological polar surface area (TPSA) is 83.9 Å². The van der Waals surface area contributed by atoms with Crippen molar-refractivity contribution in [3.05, 3.63) is 59.1 Å². The number of halogens is 1. The van der Waals surface area contributed by atoms with E-state index in [0.29, 0.717) is 31.7 Å². The summed E-state index contributed by atoms with van der Waals surface area (Å²) in [5.74, 6) is -1.08. The summed E-state index contributed by atoms with van der Waals surface area (Å²) >= 11 is 3.30. The number of hydrogen-bond acceptors (Lipinski definition) is 4. The lowest BCUT2D eigenvalue weighted by atomic mass is 9.85. The molecule has 1 N–H and O–H groups in total. The summed E-state index contributed by atoms with van der Waals surface area (Å²) in [6.07, 6.45) is 0.982. The van der Waals surface area contributed by atoms with Crippen LogP contribution in [0.3, 0.4) is 0 Å². The van der Waals surface area contributed by atoms with E-state index in [9.17, 15) is 18.3 Å². The van der Waals surface area contributed by atoms with Crippen LogP contribution in [0.4, 0.5) is 0 Å². The molecule has 0 amide bonds. The molecule has 0 aromatic heterocycles. The van der Waals surface area contributed by atoms with Crippen LogP contribution in [0.2, 0.25) is 0 Å². The fourth-order valence-corrected chi connectivity index (χ4v) is 5.12.